The average molecular weight is 342 g/mol. The van der Waals surface area contributed by atoms with Crippen molar-refractivity contribution in [1.29, 1.82) is 0 Å². The van der Waals surface area contributed by atoms with Gasteiger partial charge in [-0.05, 0) is 37.0 Å². The zero-order chi connectivity index (χ0) is 17.9. The average Bonchev–Trinajstić information content (AvgIpc) is 2.70. The molecule has 4 nitrogen and oxygen atoms in total. The molecule has 1 aromatic heterocycles. The van der Waals surface area contributed by atoms with Crippen molar-refractivity contribution < 1.29 is 0 Å². The molecule has 4 rings (SSSR count). The van der Waals surface area contributed by atoms with Crippen molar-refractivity contribution in [3.8, 4) is 0 Å². The van der Waals surface area contributed by atoms with Gasteiger partial charge in [-0.1, -0.05) is 54.6 Å². The van der Waals surface area contributed by atoms with Gasteiger partial charge in [0.05, 0.1) is 5.69 Å². The summed E-state index contributed by atoms with van der Waals surface area (Å²) in [5, 5.41) is 0. The van der Waals surface area contributed by atoms with Crippen LogP contribution in [0.15, 0.2) is 82.4 Å². The van der Waals surface area contributed by atoms with E-state index in [1.807, 2.05) is 31.3 Å². The minimum atomic E-state index is -0.176. The number of allylic oxidation sites excluding steroid dienone is 3. The molecule has 0 fully saturated rings. The van der Waals surface area contributed by atoms with Gasteiger partial charge in [-0.25, -0.2) is 9.98 Å². The van der Waals surface area contributed by atoms with E-state index in [1.165, 1.54) is 5.57 Å². The van der Waals surface area contributed by atoms with Gasteiger partial charge in [0.15, 0.2) is 12.0 Å². The Kier molecular flexibility index (Phi) is 4.48. The lowest BCUT2D eigenvalue weighted by Gasteiger charge is -2.33. The molecule has 2 heterocycles. The number of pyridine rings is 1. The first kappa shape index (κ1) is 16.5. The molecular formula is C22H22N4. The molecule has 1 aromatic carbocycles. The first-order chi connectivity index (χ1) is 12.7. The summed E-state index contributed by atoms with van der Waals surface area (Å²) in [6.45, 7) is 2.05. The Bertz CT molecular complexity index is 905. The fourth-order valence-corrected chi connectivity index (χ4v) is 3.24. The van der Waals surface area contributed by atoms with Gasteiger partial charge in [0.25, 0.3) is 0 Å². The van der Waals surface area contributed by atoms with Crippen LogP contribution >= 0.6 is 0 Å². The normalized spacial score (nSPS) is 19.7. The highest BCUT2D eigenvalue weighted by atomic mass is 15.3. The van der Waals surface area contributed by atoms with Gasteiger partial charge in [0, 0.05) is 18.8 Å². The van der Waals surface area contributed by atoms with Crippen LogP contribution in [0, 0.1) is 6.92 Å². The molecule has 0 amide bonds. The molecule has 2 aromatic rings. The van der Waals surface area contributed by atoms with Gasteiger partial charge < -0.3 is 4.90 Å². The number of amidine groups is 2. The lowest BCUT2D eigenvalue weighted by atomic mass is 10.0. The Balaban J connectivity index is 1.80. The van der Waals surface area contributed by atoms with Crippen LogP contribution in [0.5, 0.6) is 0 Å². The molecular weight excluding hydrogens is 320 g/mol. The van der Waals surface area contributed by atoms with Gasteiger partial charge in [0.2, 0.25) is 0 Å². The fraction of sp³-hybridized carbons (Fsp3) is 0.227. The Hall–Kier alpha value is -3.01. The summed E-state index contributed by atoms with van der Waals surface area (Å²) in [5.41, 5.74) is 4.36. The lowest BCUT2D eigenvalue weighted by molar-refractivity contribution is 0.373. The molecule has 1 aliphatic carbocycles. The number of aromatic nitrogens is 1. The van der Waals surface area contributed by atoms with Crippen LogP contribution in [-0.2, 0) is 0 Å². The summed E-state index contributed by atoms with van der Waals surface area (Å²) >= 11 is 0. The quantitative estimate of drug-likeness (QED) is 0.826. The molecule has 0 radical (unpaired) electrons. The molecule has 1 atom stereocenters. The molecule has 0 saturated heterocycles. The number of nitrogens with zero attached hydrogens (tertiary/aromatic N) is 4. The van der Waals surface area contributed by atoms with E-state index in [0.29, 0.717) is 0 Å². The largest absolute Gasteiger partial charge is 0.332 e. The summed E-state index contributed by atoms with van der Waals surface area (Å²) in [6.07, 6.45) is 10.2. The number of hydrogen-bond donors (Lipinski definition) is 0. The zero-order valence-electron chi connectivity index (χ0n) is 15.1. The molecule has 130 valence electrons. The van der Waals surface area contributed by atoms with Crippen molar-refractivity contribution in [2.24, 2.45) is 9.98 Å². The third-order valence-corrected chi connectivity index (χ3v) is 4.69. The third kappa shape index (κ3) is 3.23. The topological polar surface area (TPSA) is 40.9 Å². The van der Waals surface area contributed by atoms with E-state index in [9.17, 15) is 0 Å². The van der Waals surface area contributed by atoms with Gasteiger partial charge in [-0.2, -0.15) is 0 Å². The van der Waals surface area contributed by atoms with Crippen molar-refractivity contribution in [3.63, 3.8) is 0 Å². The van der Waals surface area contributed by atoms with E-state index in [1.54, 1.807) is 0 Å². The number of likely N-dealkylation sites (N-methyl/N-ethyl adjacent to an activating group) is 1. The highest BCUT2D eigenvalue weighted by Gasteiger charge is 2.28. The molecule has 1 aliphatic heterocycles. The Morgan fingerprint density at radius 2 is 1.92 bits per heavy atom. The van der Waals surface area contributed by atoms with Crippen LogP contribution in [-0.4, -0.2) is 28.6 Å². The van der Waals surface area contributed by atoms with E-state index in [0.717, 1.165) is 41.3 Å². The lowest BCUT2D eigenvalue weighted by Crippen LogP contribution is -2.36. The second-order valence-electron chi connectivity index (χ2n) is 6.66. The Morgan fingerprint density at radius 1 is 1.08 bits per heavy atom. The SMILES string of the molecule is Cc1ccc(C2N=C(c3ccccc3)N=C(C3=CC=CCC3)N2C)nc1. The summed E-state index contributed by atoms with van der Waals surface area (Å²) < 4.78 is 0. The van der Waals surface area contributed by atoms with Gasteiger partial charge >= 0.3 is 0 Å². The second kappa shape index (κ2) is 7.08. The Labute approximate surface area is 154 Å². The summed E-state index contributed by atoms with van der Waals surface area (Å²) in [4.78, 5) is 16.6. The molecule has 1 unspecified atom stereocenters. The fourth-order valence-electron chi connectivity index (χ4n) is 3.24. The summed E-state index contributed by atoms with van der Waals surface area (Å²) in [7, 11) is 2.05. The van der Waals surface area contributed by atoms with E-state index < -0.39 is 0 Å². The first-order valence-corrected chi connectivity index (χ1v) is 8.96. The number of aliphatic imine (C=N–C) groups is 2. The zero-order valence-corrected chi connectivity index (χ0v) is 15.1. The van der Waals surface area contributed by atoms with Crippen molar-refractivity contribution in [3.05, 3.63) is 89.3 Å². The minimum absolute atomic E-state index is 0.176. The molecule has 26 heavy (non-hydrogen) atoms. The maximum atomic E-state index is 4.93. The first-order valence-electron chi connectivity index (χ1n) is 8.96. The highest BCUT2D eigenvalue weighted by molar-refractivity contribution is 6.12. The van der Waals surface area contributed by atoms with Crippen LogP contribution in [0.3, 0.4) is 0 Å². The van der Waals surface area contributed by atoms with E-state index >= 15 is 0 Å². The molecule has 0 spiro atoms. The monoisotopic (exact) mass is 342 g/mol. The number of benzene rings is 1. The molecule has 0 bridgehead atoms. The van der Waals surface area contributed by atoms with Crippen molar-refractivity contribution >= 4 is 11.7 Å². The minimum Gasteiger partial charge on any atom is -0.332 e. The van der Waals surface area contributed by atoms with Crippen LogP contribution in [0.1, 0.15) is 35.8 Å². The maximum absolute atomic E-state index is 4.93. The van der Waals surface area contributed by atoms with E-state index in [2.05, 4.69) is 59.4 Å². The number of aryl methyl sites for hydroxylation is 1. The van der Waals surface area contributed by atoms with Gasteiger partial charge in [0.1, 0.15) is 5.84 Å². The van der Waals surface area contributed by atoms with Crippen LogP contribution in [0.4, 0.5) is 0 Å². The third-order valence-electron chi connectivity index (χ3n) is 4.69. The smallest absolute Gasteiger partial charge is 0.167 e. The standard InChI is InChI=1S/C22H22N4/c1-16-13-14-19(23-15-16)22-25-20(17-9-5-3-6-10-17)24-21(26(22)2)18-11-7-4-8-12-18/h3-7,9-11,13-15,22H,8,12H2,1-2H3. The molecule has 0 saturated carbocycles. The molecule has 0 N–H and O–H groups in total. The van der Waals surface area contributed by atoms with Crippen molar-refractivity contribution in [2.75, 3.05) is 7.05 Å². The van der Waals surface area contributed by atoms with Gasteiger partial charge in [-0.3, -0.25) is 4.98 Å². The summed E-state index contributed by atoms with van der Waals surface area (Å²) in [5.74, 6) is 1.75. The summed E-state index contributed by atoms with van der Waals surface area (Å²) in [6, 6.07) is 14.3. The van der Waals surface area contributed by atoms with E-state index in [-0.39, 0.29) is 6.17 Å². The van der Waals surface area contributed by atoms with Crippen molar-refractivity contribution in [2.45, 2.75) is 25.9 Å². The van der Waals surface area contributed by atoms with Crippen LogP contribution in [0.25, 0.3) is 0 Å². The predicted octanol–water partition coefficient (Wildman–Crippen LogP) is 4.46. The second-order valence-corrected chi connectivity index (χ2v) is 6.66. The highest BCUT2D eigenvalue weighted by Crippen LogP contribution is 2.29. The van der Waals surface area contributed by atoms with E-state index in [4.69, 9.17) is 9.98 Å². The molecule has 2 aliphatic rings. The number of rotatable bonds is 3. The molecule has 4 heteroatoms. The van der Waals surface area contributed by atoms with Crippen molar-refractivity contribution in [1.82, 2.24) is 9.88 Å². The number of hydrogen-bond acceptors (Lipinski definition) is 4. The predicted molar refractivity (Wildman–Crippen MR) is 106 cm³/mol. The van der Waals surface area contributed by atoms with Gasteiger partial charge in [-0.15, -0.1) is 0 Å². The van der Waals surface area contributed by atoms with Crippen LogP contribution in [0.2, 0.25) is 0 Å². The maximum Gasteiger partial charge on any atom is 0.167 e. The van der Waals surface area contributed by atoms with Crippen LogP contribution < -0.4 is 0 Å². The Morgan fingerprint density at radius 3 is 2.62 bits per heavy atom.